The molecule has 1 N–H and O–H groups in total. The number of nitrogens with zero attached hydrogens (tertiary/aromatic N) is 4. The van der Waals surface area contributed by atoms with Crippen molar-refractivity contribution in [1.29, 1.82) is 5.26 Å². The van der Waals surface area contributed by atoms with Gasteiger partial charge in [-0.05, 0) is 57.0 Å². The number of nitrogens with one attached hydrogen (secondary N) is 1. The second-order valence-corrected chi connectivity index (χ2v) is 12.7. The number of benzene rings is 2. The highest BCUT2D eigenvalue weighted by Gasteiger charge is 2.49. The molecule has 0 spiro atoms. The highest BCUT2D eigenvalue weighted by Crippen LogP contribution is 2.47. The van der Waals surface area contributed by atoms with Crippen LogP contribution in [0.5, 0.6) is 11.9 Å². The molecular formula is C31H28F5N5O2S. The monoisotopic (exact) mass is 629 g/mol. The molecule has 7 rings (SSSR count). The van der Waals surface area contributed by atoms with Crippen molar-refractivity contribution in [3.8, 4) is 29.1 Å². The van der Waals surface area contributed by atoms with Crippen molar-refractivity contribution in [2.75, 3.05) is 26.2 Å². The number of ether oxygens (including phenoxy) is 2. The van der Waals surface area contributed by atoms with Gasteiger partial charge in [-0.25, -0.2) is 8.78 Å². The average Bonchev–Trinajstić information content (AvgIpc) is 3.75. The highest BCUT2D eigenvalue weighted by atomic mass is 32.1. The van der Waals surface area contributed by atoms with Crippen molar-refractivity contribution in [2.24, 2.45) is 0 Å². The molecule has 4 aromatic rings. The first-order chi connectivity index (χ1) is 21.1. The van der Waals surface area contributed by atoms with Crippen LogP contribution in [0.4, 0.5) is 22.0 Å². The van der Waals surface area contributed by atoms with Gasteiger partial charge in [-0.15, -0.1) is 11.3 Å². The molecule has 5 heterocycles. The molecule has 0 unspecified atom stereocenters. The van der Waals surface area contributed by atoms with Crippen LogP contribution < -0.4 is 14.8 Å². The van der Waals surface area contributed by atoms with Gasteiger partial charge < -0.3 is 14.8 Å². The molecule has 2 aromatic carbocycles. The summed E-state index contributed by atoms with van der Waals surface area (Å²) in [4.78, 5) is 10.7. The predicted octanol–water partition coefficient (Wildman–Crippen LogP) is 6.63. The van der Waals surface area contributed by atoms with E-state index < -0.39 is 46.5 Å². The first-order valence-electron chi connectivity index (χ1n) is 14.5. The minimum Gasteiger partial charge on any atom is -0.472 e. The summed E-state index contributed by atoms with van der Waals surface area (Å²) in [6, 6.07) is 7.02. The maximum atomic E-state index is 16.7. The Morgan fingerprint density at radius 3 is 2.86 bits per heavy atom. The minimum absolute atomic E-state index is 0.0502. The van der Waals surface area contributed by atoms with Crippen LogP contribution in [0.25, 0.3) is 32.1 Å². The van der Waals surface area contributed by atoms with Gasteiger partial charge in [-0.2, -0.15) is 28.4 Å². The van der Waals surface area contributed by atoms with Gasteiger partial charge in [0.05, 0.1) is 22.1 Å². The summed E-state index contributed by atoms with van der Waals surface area (Å²) < 4.78 is 87.9. The lowest BCUT2D eigenvalue weighted by Crippen LogP contribution is -2.43. The van der Waals surface area contributed by atoms with E-state index >= 15 is 4.39 Å². The van der Waals surface area contributed by atoms with Crippen LogP contribution in [0, 0.1) is 17.1 Å². The number of rotatable bonds is 6. The maximum Gasteiger partial charge on any atom is 0.417 e. The van der Waals surface area contributed by atoms with Crippen molar-refractivity contribution in [2.45, 2.75) is 62.6 Å². The Labute approximate surface area is 253 Å². The molecule has 13 heteroatoms. The van der Waals surface area contributed by atoms with E-state index in [9.17, 15) is 22.8 Å². The van der Waals surface area contributed by atoms with Crippen LogP contribution in [0.1, 0.15) is 43.7 Å². The number of nitriles is 1. The van der Waals surface area contributed by atoms with Gasteiger partial charge in [0.2, 0.25) is 5.88 Å². The van der Waals surface area contributed by atoms with Gasteiger partial charge in [0.25, 0.3) is 0 Å². The summed E-state index contributed by atoms with van der Waals surface area (Å²) >= 11 is 1.19. The number of aromatic nitrogens is 2. The van der Waals surface area contributed by atoms with Crippen LogP contribution in [-0.4, -0.2) is 65.0 Å². The molecule has 7 nitrogen and oxygen atoms in total. The predicted molar refractivity (Wildman–Crippen MR) is 155 cm³/mol. The Kier molecular flexibility index (Phi) is 7.14. The van der Waals surface area contributed by atoms with Crippen LogP contribution in [0.2, 0.25) is 0 Å². The van der Waals surface area contributed by atoms with E-state index in [1.165, 1.54) is 28.8 Å². The number of hydrogen-bond acceptors (Lipinski definition) is 8. The summed E-state index contributed by atoms with van der Waals surface area (Å²) in [7, 11) is 0. The van der Waals surface area contributed by atoms with Crippen molar-refractivity contribution in [3.05, 3.63) is 46.6 Å². The fourth-order valence-electron chi connectivity index (χ4n) is 6.99. The molecule has 44 heavy (non-hydrogen) atoms. The van der Waals surface area contributed by atoms with E-state index in [0.717, 1.165) is 25.5 Å². The standard InChI is InChI=1S/C31H28F5N5O2S/c1-16-22(6-8-38-16)43-28-20-10-21(31(34,35)36)25(19-4-2-5-23-24(19)17(12-37)14-44-23)26(33)27(20)39-29(40-28)42-15-30-7-3-9-41(30)13-18(32)11-30/h2,4-5,10,14,16,18,22,38H,3,6-9,11,13,15H2,1H3/t16-,18-,22-,30+/m1/s1. The molecule has 230 valence electrons. The quantitative estimate of drug-likeness (QED) is 0.240. The molecule has 2 aromatic heterocycles. The SMILES string of the molecule is C[C@H]1NCC[C@H]1Oc1nc(OC[C@@]23CCCN2C[C@H](F)C3)nc2c(F)c(-c3cccc4scc(C#N)c34)c(C(F)(F)F)cc12. The fraction of sp³-hybridized carbons (Fsp3) is 0.452. The lowest BCUT2D eigenvalue weighted by molar-refractivity contribution is -0.137. The molecule has 3 aliphatic heterocycles. The van der Waals surface area contributed by atoms with Gasteiger partial charge in [0.15, 0.2) is 5.82 Å². The number of halogens is 5. The molecule has 0 saturated carbocycles. The van der Waals surface area contributed by atoms with Gasteiger partial charge in [0.1, 0.15) is 30.5 Å². The Hall–Kier alpha value is -3.60. The second-order valence-electron chi connectivity index (χ2n) is 11.8. The summed E-state index contributed by atoms with van der Waals surface area (Å²) in [5, 5.41) is 14.4. The molecule has 0 bridgehead atoms. The Morgan fingerprint density at radius 1 is 1.27 bits per heavy atom. The summed E-state index contributed by atoms with van der Waals surface area (Å²) in [6.07, 6.45) is -3.92. The Bertz CT molecular complexity index is 1810. The number of alkyl halides is 4. The van der Waals surface area contributed by atoms with E-state index in [-0.39, 0.29) is 52.9 Å². The summed E-state index contributed by atoms with van der Waals surface area (Å²) in [5.41, 5.74) is -2.81. The van der Waals surface area contributed by atoms with Gasteiger partial charge in [-0.1, -0.05) is 12.1 Å². The second kappa shape index (κ2) is 10.8. The van der Waals surface area contributed by atoms with Crippen molar-refractivity contribution < 1.29 is 31.4 Å². The zero-order valence-electron chi connectivity index (χ0n) is 23.7. The number of thiophene rings is 1. The third-order valence-electron chi connectivity index (χ3n) is 9.12. The van der Waals surface area contributed by atoms with Crippen molar-refractivity contribution in [1.82, 2.24) is 20.2 Å². The maximum absolute atomic E-state index is 16.7. The molecule has 4 atom stereocenters. The van der Waals surface area contributed by atoms with Crippen molar-refractivity contribution >= 4 is 32.3 Å². The van der Waals surface area contributed by atoms with Crippen LogP contribution >= 0.6 is 11.3 Å². The fourth-order valence-corrected chi connectivity index (χ4v) is 7.90. The minimum atomic E-state index is -4.96. The van der Waals surface area contributed by atoms with E-state index in [1.807, 2.05) is 17.9 Å². The van der Waals surface area contributed by atoms with Crippen LogP contribution in [0.3, 0.4) is 0 Å². The Balaban J connectivity index is 1.42. The van der Waals surface area contributed by atoms with E-state index in [0.29, 0.717) is 24.2 Å². The number of fused-ring (bicyclic) bond motifs is 3. The first-order valence-corrected chi connectivity index (χ1v) is 15.4. The molecular weight excluding hydrogens is 601 g/mol. The van der Waals surface area contributed by atoms with E-state index in [4.69, 9.17) is 9.47 Å². The molecule has 3 fully saturated rings. The average molecular weight is 630 g/mol. The molecule has 3 aliphatic rings. The van der Waals surface area contributed by atoms with Crippen molar-refractivity contribution in [3.63, 3.8) is 0 Å². The zero-order valence-corrected chi connectivity index (χ0v) is 24.5. The van der Waals surface area contributed by atoms with E-state index in [1.54, 1.807) is 6.07 Å². The highest BCUT2D eigenvalue weighted by molar-refractivity contribution is 7.17. The lowest BCUT2D eigenvalue weighted by Gasteiger charge is -2.30. The molecule has 3 saturated heterocycles. The molecule has 0 radical (unpaired) electrons. The van der Waals surface area contributed by atoms with E-state index in [2.05, 4.69) is 15.3 Å². The molecule has 0 aliphatic carbocycles. The number of hydrogen-bond donors (Lipinski definition) is 1. The first kappa shape index (κ1) is 29.1. The smallest absolute Gasteiger partial charge is 0.417 e. The van der Waals surface area contributed by atoms with Crippen LogP contribution in [-0.2, 0) is 6.18 Å². The van der Waals surface area contributed by atoms with Gasteiger partial charge >= 0.3 is 12.2 Å². The largest absolute Gasteiger partial charge is 0.472 e. The third kappa shape index (κ3) is 4.83. The van der Waals surface area contributed by atoms with Gasteiger partial charge in [-0.3, -0.25) is 4.90 Å². The summed E-state index contributed by atoms with van der Waals surface area (Å²) in [6.45, 7) is 3.61. The molecule has 0 amide bonds. The lowest BCUT2D eigenvalue weighted by atomic mass is 9.93. The summed E-state index contributed by atoms with van der Waals surface area (Å²) in [5.74, 6) is -1.44. The van der Waals surface area contributed by atoms with Gasteiger partial charge in [0, 0.05) is 40.0 Å². The normalized spacial score (nSPS) is 25.5. The topological polar surface area (TPSA) is 83.3 Å². The third-order valence-corrected chi connectivity index (χ3v) is 10.1. The Morgan fingerprint density at radius 2 is 2.11 bits per heavy atom. The zero-order chi connectivity index (χ0) is 30.8. The van der Waals surface area contributed by atoms with Crippen LogP contribution in [0.15, 0.2) is 29.6 Å².